The van der Waals surface area contributed by atoms with E-state index in [0.717, 1.165) is 6.42 Å². The summed E-state index contributed by atoms with van der Waals surface area (Å²) in [6.07, 6.45) is 1.31. The molecule has 0 spiro atoms. The fourth-order valence-corrected chi connectivity index (χ4v) is 0.702. The van der Waals surface area contributed by atoms with E-state index in [1.165, 1.54) is 0 Å². The van der Waals surface area contributed by atoms with Crippen LogP contribution in [0.5, 0.6) is 0 Å². The van der Waals surface area contributed by atoms with Crippen LogP contribution in [0.15, 0.2) is 0 Å². The first-order valence-corrected chi connectivity index (χ1v) is 3.34. The molecule has 0 heterocycles. The Morgan fingerprint density at radius 2 is 2.60 bits per heavy atom. The average molecular weight is 149 g/mol. The lowest BCUT2D eigenvalue weighted by Crippen LogP contribution is -2.14. The van der Waals surface area contributed by atoms with E-state index in [0.29, 0.717) is 6.42 Å². The number of ether oxygens (including phenoxy) is 1. The molecule has 0 bridgehead atoms. The maximum absolute atomic E-state index is 11.3. The van der Waals surface area contributed by atoms with Gasteiger partial charge in [-0.3, -0.25) is 4.79 Å². The van der Waals surface area contributed by atoms with Crippen molar-refractivity contribution in [1.82, 2.24) is 0 Å². The standard InChI is InChI=1S/C8H16O2/c1-4-6-7(3)8(9)10-5-2/h7H,4-6H2,1-3H3/t7-/m0/s1/i2D3,5D2. The topological polar surface area (TPSA) is 26.3 Å². The molecule has 0 aromatic heterocycles. The Bertz CT molecular complexity index is 224. The zero-order chi connectivity index (χ0) is 12.3. The van der Waals surface area contributed by atoms with Crippen LogP contribution in [0.4, 0.5) is 0 Å². The lowest BCUT2D eigenvalue weighted by Gasteiger charge is -2.07. The second-order valence-electron chi connectivity index (χ2n) is 2.21. The number of carbonyl (C=O) groups excluding carboxylic acids is 1. The summed E-state index contributed by atoms with van der Waals surface area (Å²) < 4.78 is 39.1. The molecular formula is C8H16O2. The summed E-state index contributed by atoms with van der Waals surface area (Å²) in [5.74, 6) is -1.29. The summed E-state index contributed by atoms with van der Waals surface area (Å²) in [4.78, 5) is 11.3. The molecule has 1 atom stereocenters. The van der Waals surface area contributed by atoms with Crippen LogP contribution in [0.3, 0.4) is 0 Å². The predicted octanol–water partition coefficient (Wildman–Crippen LogP) is 1.99. The van der Waals surface area contributed by atoms with Gasteiger partial charge < -0.3 is 4.74 Å². The molecule has 0 aliphatic rings. The van der Waals surface area contributed by atoms with E-state index in [4.69, 9.17) is 6.85 Å². The first-order chi connectivity index (χ1) is 6.62. The Morgan fingerprint density at radius 1 is 1.90 bits per heavy atom. The lowest BCUT2D eigenvalue weighted by molar-refractivity contribution is -0.147. The van der Waals surface area contributed by atoms with Crippen LogP contribution in [-0.4, -0.2) is 12.5 Å². The van der Waals surface area contributed by atoms with Crippen molar-refractivity contribution in [3.05, 3.63) is 0 Å². The molecule has 0 unspecified atom stereocenters. The molecule has 0 saturated carbocycles. The highest BCUT2D eigenvalue weighted by molar-refractivity contribution is 5.71. The molecule has 10 heavy (non-hydrogen) atoms. The van der Waals surface area contributed by atoms with E-state index >= 15 is 0 Å². The van der Waals surface area contributed by atoms with Crippen LogP contribution < -0.4 is 0 Å². The fourth-order valence-electron chi connectivity index (χ4n) is 0.702. The van der Waals surface area contributed by atoms with E-state index in [1.807, 2.05) is 6.92 Å². The Hall–Kier alpha value is -0.530. The third-order valence-corrected chi connectivity index (χ3v) is 1.28. The number of esters is 1. The van der Waals surface area contributed by atoms with Gasteiger partial charge in [0.2, 0.25) is 0 Å². The molecule has 0 amide bonds. The third-order valence-electron chi connectivity index (χ3n) is 1.28. The van der Waals surface area contributed by atoms with Gasteiger partial charge in [-0.15, -0.1) is 0 Å². The summed E-state index contributed by atoms with van der Waals surface area (Å²) in [5.41, 5.74) is 0. The molecule has 0 rings (SSSR count). The van der Waals surface area contributed by atoms with Gasteiger partial charge >= 0.3 is 5.97 Å². The summed E-state index contributed by atoms with van der Waals surface area (Å²) in [7, 11) is 0. The van der Waals surface area contributed by atoms with Crippen LogP contribution in [-0.2, 0) is 9.53 Å². The summed E-state index contributed by atoms with van der Waals surface area (Å²) in [6, 6.07) is 0. The highest BCUT2D eigenvalue weighted by atomic mass is 16.5. The molecule has 0 saturated heterocycles. The van der Waals surface area contributed by atoms with E-state index in [2.05, 4.69) is 4.74 Å². The molecule has 0 aromatic rings. The highest BCUT2D eigenvalue weighted by Gasteiger charge is 2.11. The summed E-state index contributed by atoms with van der Waals surface area (Å²) >= 11 is 0. The van der Waals surface area contributed by atoms with Gasteiger partial charge in [-0.25, -0.2) is 0 Å². The molecule has 2 heteroatoms. The zero-order valence-electron chi connectivity index (χ0n) is 11.3. The van der Waals surface area contributed by atoms with Crippen molar-refractivity contribution in [3.63, 3.8) is 0 Å². The summed E-state index contributed by atoms with van der Waals surface area (Å²) in [5, 5.41) is 0. The van der Waals surface area contributed by atoms with Gasteiger partial charge in [0.1, 0.15) is 0 Å². The quantitative estimate of drug-likeness (QED) is 0.571. The monoisotopic (exact) mass is 149 g/mol. The minimum absolute atomic E-state index is 0.479. The largest absolute Gasteiger partial charge is 0.466 e. The Balaban J connectivity index is 4.41. The van der Waals surface area contributed by atoms with Crippen molar-refractivity contribution in [1.29, 1.82) is 0 Å². The van der Waals surface area contributed by atoms with Crippen molar-refractivity contribution in [2.75, 3.05) is 6.56 Å². The summed E-state index contributed by atoms with van der Waals surface area (Å²) in [6.45, 7) is -2.40. The molecule has 0 N–H and O–H groups in total. The maximum Gasteiger partial charge on any atom is 0.308 e. The minimum Gasteiger partial charge on any atom is -0.466 e. The van der Waals surface area contributed by atoms with Crippen LogP contribution in [0, 0.1) is 5.92 Å². The van der Waals surface area contributed by atoms with Crippen molar-refractivity contribution in [2.45, 2.75) is 33.5 Å². The van der Waals surface area contributed by atoms with Crippen LogP contribution in [0.25, 0.3) is 0 Å². The Morgan fingerprint density at radius 3 is 3.10 bits per heavy atom. The first kappa shape index (κ1) is 3.74. The average Bonchev–Trinajstić information content (AvgIpc) is 2.01. The second kappa shape index (κ2) is 5.27. The predicted molar refractivity (Wildman–Crippen MR) is 40.7 cm³/mol. The number of carbonyl (C=O) groups is 1. The van der Waals surface area contributed by atoms with Gasteiger partial charge in [0.25, 0.3) is 0 Å². The molecular weight excluding hydrogens is 128 g/mol. The van der Waals surface area contributed by atoms with Crippen molar-refractivity contribution in [3.8, 4) is 0 Å². The first-order valence-electron chi connectivity index (χ1n) is 5.84. The van der Waals surface area contributed by atoms with Crippen LogP contribution in [0.1, 0.15) is 40.4 Å². The van der Waals surface area contributed by atoms with E-state index in [-0.39, 0.29) is 0 Å². The zero-order valence-corrected chi connectivity index (χ0v) is 6.31. The molecule has 0 fully saturated rings. The van der Waals surface area contributed by atoms with Gasteiger partial charge in [-0.2, -0.15) is 0 Å². The fraction of sp³-hybridized carbons (Fsp3) is 0.875. The highest BCUT2D eigenvalue weighted by Crippen LogP contribution is 2.06. The second-order valence-corrected chi connectivity index (χ2v) is 2.21. The van der Waals surface area contributed by atoms with Crippen LogP contribution >= 0.6 is 0 Å². The van der Waals surface area contributed by atoms with Gasteiger partial charge in [0.05, 0.1) is 15.2 Å². The van der Waals surface area contributed by atoms with E-state index < -0.39 is 25.3 Å². The Labute approximate surface area is 69.6 Å². The van der Waals surface area contributed by atoms with Gasteiger partial charge in [-0.05, 0) is 13.3 Å². The molecule has 0 aliphatic carbocycles. The van der Waals surface area contributed by atoms with Crippen molar-refractivity contribution < 1.29 is 16.4 Å². The smallest absolute Gasteiger partial charge is 0.308 e. The van der Waals surface area contributed by atoms with Gasteiger partial charge in [0.15, 0.2) is 0 Å². The molecule has 0 aliphatic heterocycles. The van der Waals surface area contributed by atoms with Gasteiger partial charge in [0, 0.05) is 4.11 Å². The van der Waals surface area contributed by atoms with Crippen molar-refractivity contribution in [2.24, 2.45) is 5.92 Å². The van der Waals surface area contributed by atoms with Crippen LogP contribution in [0.2, 0.25) is 0 Å². The molecule has 2 nitrogen and oxygen atoms in total. The minimum atomic E-state index is -2.95. The normalized spacial score (nSPS) is 22.8. The third kappa shape index (κ3) is 3.49. The number of hydrogen-bond acceptors (Lipinski definition) is 2. The molecule has 0 radical (unpaired) electrons. The SMILES string of the molecule is [2H]C([2H])([2H])C([2H])([2H])OC(=O)[C@@H](C)CCC. The van der Waals surface area contributed by atoms with Crippen molar-refractivity contribution >= 4 is 5.97 Å². The maximum atomic E-state index is 11.3. The van der Waals surface area contributed by atoms with E-state index in [1.54, 1.807) is 6.92 Å². The number of rotatable bonds is 4. The van der Waals surface area contributed by atoms with Gasteiger partial charge in [-0.1, -0.05) is 20.3 Å². The molecule has 60 valence electrons. The van der Waals surface area contributed by atoms with E-state index in [9.17, 15) is 4.79 Å². The molecule has 0 aromatic carbocycles. The Kier molecular flexibility index (Phi) is 1.97. The number of hydrogen-bond donors (Lipinski definition) is 0. The lowest BCUT2D eigenvalue weighted by atomic mass is 10.1.